The SMILES string of the molecule is Fc1cncc(-c2cc(-c3cccnc3)on2)c1. The lowest BCUT2D eigenvalue weighted by atomic mass is 10.1. The minimum Gasteiger partial charge on any atom is -0.356 e. The highest BCUT2D eigenvalue weighted by Crippen LogP contribution is 2.25. The molecule has 0 aliphatic heterocycles. The molecule has 0 fully saturated rings. The Hall–Kier alpha value is -2.56. The van der Waals surface area contributed by atoms with Crippen molar-refractivity contribution in [3.8, 4) is 22.6 Å². The maximum atomic E-state index is 13.1. The zero-order chi connectivity index (χ0) is 12.4. The molecule has 0 spiro atoms. The van der Waals surface area contributed by atoms with Gasteiger partial charge in [-0.3, -0.25) is 9.97 Å². The van der Waals surface area contributed by atoms with Gasteiger partial charge in [0.2, 0.25) is 0 Å². The average Bonchev–Trinajstić information content (AvgIpc) is 2.89. The van der Waals surface area contributed by atoms with Gasteiger partial charge in [0.15, 0.2) is 5.76 Å². The van der Waals surface area contributed by atoms with E-state index in [-0.39, 0.29) is 0 Å². The molecule has 0 saturated carbocycles. The van der Waals surface area contributed by atoms with E-state index >= 15 is 0 Å². The number of hydrogen-bond donors (Lipinski definition) is 0. The number of hydrogen-bond acceptors (Lipinski definition) is 4. The minimum atomic E-state index is -0.404. The van der Waals surface area contributed by atoms with E-state index in [2.05, 4.69) is 15.1 Å². The van der Waals surface area contributed by atoms with Crippen LogP contribution in [-0.4, -0.2) is 15.1 Å². The Kier molecular flexibility index (Phi) is 2.57. The van der Waals surface area contributed by atoms with E-state index in [4.69, 9.17) is 4.52 Å². The van der Waals surface area contributed by atoms with E-state index in [1.54, 1.807) is 24.5 Å². The van der Waals surface area contributed by atoms with Crippen LogP contribution in [0.3, 0.4) is 0 Å². The lowest BCUT2D eigenvalue weighted by Crippen LogP contribution is -1.82. The highest BCUT2D eigenvalue weighted by atomic mass is 19.1. The second-order valence-corrected chi connectivity index (χ2v) is 3.71. The topological polar surface area (TPSA) is 51.8 Å². The summed E-state index contributed by atoms with van der Waals surface area (Å²) in [5, 5.41) is 3.89. The molecule has 3 rings (SSSR count). The Morgan fingerprint density at radius 2 is 1.89 bits per heavy atom. The Bertz CT molecular complexity index is 667. The summed E-state index contributed by atoms with van der Waals surface area (Å²) in [5.74, 6) is 0.181. The van der Waals surface area contributed by atoms with E-state index < -0.39 is 5.82 Å². The average molecular weight is 241 g/mol. The molecule has 0 atom stereocenters. The number of pyridine rings is 2. The Morgan fingerprint density at radius 1 is 1.00 bits per heavy atom. The van der Waals surface area contributed by atoms with E-state index in [0.29, 0.717) is 17.0 Å². The summed E-state index contributed by atoms with van der Waals surface area (Å²) in [6, 6.07) is 6.76. The van der Waals surface area contributed by atoms with Gasteiger partial charge in [0.05, 0.1) is 6.20 Å². The summed E-state index contributed by atoms with van der Waals surface area (Å²) in [5.41, 5.74) is 1.94. The molecule has 0 unspecified atom stereocenters. The first-order valence-corrected chi connectivity index (χ1v) is 5.31. The van der Waals surface area contributed by atoms with Gasteiger partial charge in [-0.05, 0) is 18.2 Å². The van der Waals surface area contributed by atoms with Crippen LogP contribution in [0.4, 0.5) is 4.39 Å². The molecule has 5 heteroatoms. The van der Waals surface area contributed by atoms with Crippen LogP contribution < -0.4 is 0 Å². The van der Waals surface area contributed by atoms with E-state index in [0.717, 1.165) is 11.8 Å². The highest BCUT2D eigenvalue weighted by Gasteiger charge is 2.09. The van der Waals surface area contributed by atoms with Crippen molar-refractivity contribution in [1.29, 1.82) is 0 Å². The summed E-state index contributed by atoms with van der Waals surface area (Å²) in [6.45, 7) is 0. The molecule has 3 aromatic rings. The first-order chi connectivity index (χ1) is 8.83. The van der Waals surface area contributed by atoms with Crippen molar-refractivity contribution in [3.05, 3.63) is 54.9 Å². The maximum absolute atomic E-state index is 13.1. The molecule has 88 valence electrons. The molecule has 0 aromatic carbocycles. The predicted molar refractivity (Wildman–Crippen MR) is 62.9 cm³/mol. The third-order valence-electron chi connectivity index (χ3n) is 2.46. The molecule has 0 bridgehead atoms. The fourth-order valence-corrected chi connectivity index (χ4v) is 1.61. The van der Waals surface area contributed by atoms with Gasteiger partial charge in [0.1, 0.15) is 11.5 Å². The molecule has 3 heterocycles. The summed E-state index contributed by atoms with van der Waals surface area (Å²) in [6.07, 6.45) is 6.03. The van der Waals surface area contributed by atoms with Gasteiger partial charge >= 0.3 is 0 Å². The van der Waals surface area contributed by atoms with Crippen LogP contribution in [-0.2, 0) is 0 Å². The zero-order valence-corrected chi connectivity index (χ0v) is 9.25. The van der Waals surface area contributed by atoms with Gasteiger partial charge < -0.3 is 4.52 Å². The van der Waals surface area contributed by atoms with Crippen LogP contribution in [0.5, 0.6) is 0 Å². The number of rotatable bonds is 2. The van der Waals surface area contributed by atoms with Crippen molar-refractivity contribution in [2.45, 2.75) is 0 Å². The quantitative estimate of drug-likeness (QED) is 0.692. The van der Waals surface area contributed by atoms with Crippen molar-refractivity contribution in [3.63, 3.8) is 0 Å². The van der Waals surface area contributed by atoms with Crippen molar-refractivity contribution in [2.24, 2.45) is 0 Å². The summed E-state index contributed by atoms with van der Waals surface area (Å²) < 4.78 is 18.3. The first-order valence-electron chi connectivity index (χ1n) is 5.31. The number of halogens is 1. The van der Waals surface area contributed by atoms with Gasteiger partial charge in [-0.15, -0.1) is 0 Å². The van der Waals surface area contributed by atoms with Crippen LogP contribution in [0, 0.1) is 5.82 Å². The fraction of sp³-hybridized carbons (Fsp3) is 0. The van der Waals surface area contributed by atoms with Crippen molar-refractivity contribution in [2.75, 3.05) is 0 Å². The maximum Gasteiger partial charge on any atom is 0.169 e. The summed E-state index contributed by atoms with van der Waals surface area (Å²) in [4.78, 5) is 7.77. The summed E-state index contributed by atoms with van der Waals surface area (Å²) >= 11 is 0. The lowest BCUT2D eigenvalue weighted by molar-refractivity contribution is 0.434. The smallest absolute Gasteiger partial charge is 0.169 e. The predicted octanol–water partition coefficient (Wildman–Crippen LogP) is 2.94. The third kappa shape index (κ3) is 1.98. The minimum absolute atomic E-state index is 0.404. The van der Waals surface area contributed by atoms with Crippen molar-refractivity contribution >= 4 is 0 Å². The van der Waals surface area contributed by atoms with Crippen molar-refractivity contribution in [1.82, 2.24) is 15.1 Å². The van der Waals surface area contributed by atoms with Gasteiger partial charge in [0.25, 0.3) is 0 Å². The Labute approximate surface area is 102 Å². The standard InChI is InChI=1S/C13H8FN3O/c14-11-4-10(7-16-8-11)12-5-13(18-17-12)9-2-1-3-15-6-9/h1-8H. The molecular weight excluding hydrogens is 233 g/mol. The zero-order valence-electron chi connectivity index (χ0n) is 9.25. The highest BCUT2D eigenvalue weighted by molar-refractivity contribution is 5.65. The van der Waals surface area contributed by atoms with Crippen LogP contribution in [0.1, 0.15) is 0 Å². The second-order valence-electron chi connectivity index (χ2n) is 3.71. The van der Waals surface area contributed by atoms with E-state index in [1.807, 2.05) is 6.07 Å². The van der Waals surface area contributed by atoms with Gasteiger partial charge in [-0.25, -0.2) is 4.39 Å². The summed E-state index contributed by atoms with van der Waals surface area (Å²) in [7, 11) is 0. The molecule has 0 amide bonds. The first kappa shape index (κ1) is 10.6. The van der Waals surface area contributed by atoms with E-state index in [9.17, 15) is 4.39 Å². The van der Waals surface area contributed by atoms with Crippen LogP contribution >= 0.6 is 0 Å². The largest absolute Gasteiger partial charge is 0.356 e. The fourth-order valence-electron chi connectivity index (χ4n) is 1.61. The molecule has 0 aliphatic rings. The Balaban J connectivity index is 2.00. The number of nitrogens with zero attached hydrogens (tertiary/aromatic N) is 3. The monoisotopic (exact) mass is 241 g/mol. The van der Waals surface area contributed by atoms with E-state index in [1.165, 1.54) is 12.3 Å². The molecule has 0 saturated heterocycles. The molecule has 0 radical (unpaired) electrons. The molecule has 3 aromatic heterocycles. The van der Waals surface area contributed by atoms with Gasteiger partial charge in [0, 0.05) is 35.8 Å². The normalized spacial score (nSPS) is 10.5. The second kappa shape index (κ2) is 4.37. The third-order valence-corrected chi connectivity index (χ3v) is 2.46. The van der Waals surface area contributed by atoms with Crippen LogP contribution in [0.2, 0.25) is 0 Å². The van der Waals surface area contributed by atoms with Gasteiger partial charge in [-0.2, -0.15) is 0 Å². The van der Waals surface area contributed by atoms with Crippen molar-refractivity contribution < 1.29 is 8.91 Å². The Morgan fingerprint density at radius 3 is 2.67 bits per heavy atom. The lowest BCUT2D eigenvalue weighted by Gasteiger charge is -1.93. The molecule has 4 nitrogen and oxygen atoms in total. The van der Waals surface area contributed by atoms with Gasteiger partial charge in [-0.1, -0.05) is 5.16 Å². The molecule has 0 aliphatic carbocycles. The van der Waals surface area contributed by atoms with Crippen LogP contribution in [0.25, 0.3) is 22.6 Å². The molecular formula is C13H8FN3O. The number of aromatic nitrogens is 3. The molecule has 18 heavy (non-hydrogen) atoms. The molecule has 0 N–H and O–H groups in total. The van der Waals surface area contributed by atoms with Crippen LogP contribution in [0.15, 0.2) is 53.6 Å².